The molecule has 1 aliphatic rings. The van der Waals surface area contributed by atoms with E-state index in [1.807, 2.05) is 43.3 Å². The highest BCUT2D eigenvalue weighted by Crippen LogP contribution is 2.19. The van der Waals surface area contributed by atoms with Gasteiger partial charge in [0.25, 0.3) is 10.0 Å². The Morgan fingerprint density at radius 2 is 1.63 bits per heavy atom. The van der Waals surface area contributed by atoms with Crippen molar-refractivity contribution in [3.05, 3.63) is 71.8 Å². The van der Waals surface area contributed by atoms with E-state index >= 15 is 0 Å². The van der Waals surface area contributed by atoms with Gasteiger partial charge in [-0.05, 0) is 31.2 Å². The highest BCUT2D eigenvalue weighted by atomic mass is 32.2. The van der Waals surface area contributed by atoms with Crippen LogP contribution in [0.1, 0.15) is 18.1 Å². The Bertz CT molecular complexity index is 965. The fraction of sp³-hybridized carbons (Fsp3) is 0.348. The van der Waals surface area contributed by atoms with Crippen LogP contribution in [0.15, 0.2) is 65.6 Å². The molecule has 0 bridgehead atoms. The molecule has 2 aromatic carbocycles. The van der Waals surface area contributed by atoms with Gasteiger partial charge in [-0.15, -0.1) is 0 Å². The molecule has 0 aliphatic carbocycles. The number of rotatable bonds is 6. The Hall–Kier alpha value is -2.64. The van der Waals surface area contributed by atoms with Crippen molar-refractivity contribution >= 4 is 22.1 Å². The van der Waals surface area contributed by atoms with Crippen LogP contribution < -0.4 is 0 Å². The van der Waals surface area contributed by atoms with E-state index in [9.17, 15) is 13.2 Å². The SMILES string of the molecule is CCN1CCN(C(=O)N(C/C=C/c2ccccc2)S(=O)(=O)c2ccc(C)cc2)CC1. The number of nitrogens with zero attached hydrogens (tertiary/aromatic N) is 3. The maximum atomic E-state index is 13.3. The van der Waals surface area contributed by atoms with Crippen LogP contribution in [0.2, 0.25) is 0 Å². The molecule has 6 nitrogen and oxygen atoms in total. The third-order valence-electron chi connectivity index (χ3n) is 5.29. The number of sulfonamides is 1. The number of hydrogen-bond acceptors (Lipinski definition) is 4. The fourth-order valence-corrected chi connectivity index (χ4v) is 4.72. The number of urea groups is 1. The van der Waals surface area contributed by atoms with E-state index in [-0.39, 0.29) is 11.4 Å². The standard InChI is InChI=1S/C23H29N3O3S/c1-3-24-16-18-25(19-17-24)23(27)26(15-7-10-21-8-5-4-6-9-21)30(28,29)22-13-11-20(2)12-14-22/h4-14H,3,15-19H2,1-2H3/b10-7+. The van der Waals surface area contributed by atoms with Crippen molar-refractivity contribution in [3.8, 4) is 0 Å². The van der Waals surface area contributed by atoms with E-state index in [0.717, 1.165) is 35.1 Å². The van der Waals surface area contributed by atoms with Gasteiger partial charge < -0.3 is 9.80 Å². The number of benzene rings is 2. The average molecular weight is 428 g/mol. The lowest BCUT2D eigenvalue weighted by atomic mass is 10.2. The van der Waals surface area contributed by atoms with Crippen molar-refractivity contribution in [2.24, 2.45) is 0 Å². The molecular formula is C23H29N3O3S. The summed E-state index contributed by atoms with van der Waals surface area (Å²) in [5, 5.41) is 0. The minimum atomic E-state index is -3.96. The summed E-state index contributed by atoms with van der Waals surface area (Å²) in [6.45, 7) is 7.44. The second kappa shape index (κ2) is 9.91. The van der Waals surface area contributed by atoms with Crippen molar-refractivity contribution in [1.29, 1.82) is 0 Å². The predicted octanol–water partition coefficient (Wildman–Crippen LogP) is 3.46. The van der Waals surface area contributed by atoms with E-state index in [0.29, 0.717) is 13.1 Å². The molecule has 2 amide bonds. The molecule has 2 aromatic rings. The van der Waals surface area contributed by atoms with E-state index in [4.69, 9.17) is 0 Å². The van der Waals surface area contributed by atoms with E-state index in [1.165, 1.54) is 0 Å². The van der Waals surface area contributed by atoms with Gasteiger partial charge in [0.2, 0.25) is 0 Å². The minimum absolute atomic E-state index is 0.0159. The number of amides is 2. The minimum Gasteiger partial charge on any atom is -0.321 e. The van der Waals surface area contributed by atoms with Gasteiger partial charge in [0, 0.05) is 26.2 Å². The topological polar surface area (TPSA) is 60.9 Å². The smallest absolute Gasteiger partial charge is 0.321 e. The molecule has 0 N–H and O–H groups in total. The molecule has 7 heteroatoms. The zero-order valence-corrected chi connectivity index (χ0v) is 18.4. The number of carbonyl (C=O) groups is 1. The lowest BCUT2D eigenvalue weighted by Gasteiger charge is -2.36. The first-order valence-corrected chi connectivity index (χ1v) is 11.7. The van der Waals surface area contributed by atoms with Gasteiger partial charge in [0.1, 0.15) is 0 Å². The maximum Gasteiger partial charge on any atom is 0.334 e. The van der Waals surface area contributed by atoms with E-state index in [1.54, 1.807) is 35.2 Å². The Morgan fingerprint density at radius 1 is 1.00 bits per heavy atom. The van der Waals surface area contributed by atoms with Gasteiger partial charge in [-0.2, -0.15) is 0 Å². The third-order valence-corrected chi connectivity index (χ3v) is 7.05. The summed E-state index contributed by atoms with van der Waals surface area (Å²) < 4.78 is 27.6. The van der Waals surface area contributed by atoms with Crippen LogP contribution in [0.4, 0.5) is 4.79 Å². The summed E-state index contributed by atoms with van der Waals surface area (Å²) in [5.74, 6) is 0. The molecule has 30 heavy (non-hydrogen) atoms. The zero-order chi connectivity index (χ0) is 21.6. The quantitative estimate of drug-likeness (QED) is 0.708. The number of piperazine rings is 1. The Labute approximate surface area is 179 Å². The normalized spacial score (nSPS) is 15.5. The lowest BCUT2D eigenvalue weighted by Crippen LogP contribution is -2.53. The van der Waals surface area contributed by atoms with Crippen LogP contribution >= 0.6 is 0 Å². The van der Waals surface area contributed by atoms with Crippen LogP contribution in [0.5, 0.6) is 0 Å². The molecular weight excluding hydrogens is 398 g/mol. The summed E-state index contributed by atoms with van der Waals surface area (Å²) in [6.07, 6.45) is 3.56. The van der Waals surface area contributed by atoms with Crippen molar-refractivity contribution in [1.82, 2.24) is 14.1 Å². The fourth-order valence-electron chi connectivity index (χ4n) is 3.38. The molecule has 1 saturated heterocycles. The molecule has 0 atom stereocenters. The molecule has 0 unspecified atom stereocenters. The molecule has 160 valence electrons. The first-order valence-electron chi connectivity index (χ1n) is 10.2. The molecule has 1 heterocycles. The second-order valence-electron chi connectivity index (χ2n) is 7.37. The highest BCUT2D eigenvalue weighted by Gasteiger charge is 2.33. The number of hydrogen-bond donors (Lipinski definition) is 0. The van der Waals surface area contributed by atoms with Crippen LogP contribution in [0, 0.1) is 6.92 Å². The summed E-state index contributed by atoms with van der Waals surface area (Å²) in [6, 6.07) is 15.8. The van der Waals surface area contributed by atoms with Crippen molar-refractivity contribution < 1.29 is 13.2 Å². The number of aryl methyl sites for hydroxylation is 1. The predicted molar refractivity (Wildman–Crippen MR) is 120 cm³/mol. The zero-order valence-electron chi connectivity index (χ0n) is 17.6. The first kappa shape index (κ1) is 22.1. The van der Waals surface area contributed by atoms with Gasteiger partial charge in [0.05, 0.1) is 11.4 Å². The Balaban J connectivity index is 1.85. The molecule has 3 rings (SSSR count). The Morgan fingerprint density at radius 3 is 2.23 bits per heavy atom. The van der Waals surface area contributed by atoms with E-state index in [2.05, 4.69) is 11.8 Å². The molecule has 0 radical (unpaired) electrons. The van der Waals surface area contributed by atoms with Gasteiger partial charge >= 0.3 is 6.03 Å². The van der Waals surface area contributed by atoms with Gasteiger partial charge in [-0.3, -0.25) is 0 Å². The van der Waals surface area contributed by atoms with Gasteiger partial charge in [-0.1, -0.05) is 67.1 Å². The highest BCUT2D eigenvalue weighted by molar-refractivity contribution is 7.89. The Kier molecular flexibility index (Phi) is 7.29. The number of likely N-dealkylation sites (N-methyl/N-ethyl adjacent to an activating group) is 1. The van der Waals surface area contributed by atoms with Crippen molar-refractivity contribution in [2.75, 3.05) is 39.3 Å². The average Bonchev–Trinajstić information content (AvgIpc) is 2.77. The van der Waals surface area contributed by atoms with Gasteiger partial charge in [0.15, 0.2) is 0 Å². The van der Waals surface area contributed by atoms with E-state index < -0.39 is 16.1 Å². The maximum absolute atomic E-state index is 13.3. The van der Waals surface area contributed by atoms with Crippen LogP contribution in [0.3, 0.4) is 0 Å². The molecule has 1 aliphatic heterocycles. The summed E-state index contributed by atoms with van der Waals surface area (Å²) >= 11 is 0. The number of carbonyl (C=O) groups excluding carboxylic acids is 1. The lowest BCUT2D eigenvalue weighted by molar-refractivity contribution is 0.132. The van der Waals surface area contributed by atoms with Crippen LogP contribution in [-0.2, 0) is 10.0 Å². The van der Waals surface area contributed by atoms with Crippen LogP contribution in [0.25, 0.3) is 6.08 Å². The van der Waals surface area contributed by atoms with Crippen molar-refractivity contribution in [2.45, 2.75) is 18.7 Å². The summed E-state index contributed by atoms with van der Waals surface area (Å²) in [4.78, 5) is 17.3. The summed E-state index contributed by atoms with van der Waals surface area (Å²) in [7, 11) is -3.96. The molecule has 1 fully saturated rings. The molecule has 0 spiro atoms. The van der Waals surface area contributed by atoms with Gasteiger partial charge in [-0.25, -0.2) is 17.5 Å². The monoisotopic (exact) mass is 427 g/mol. The second-order valence-corrected chi connectivity index (χ2v) is 9.23. The largest absolute Gasteiger partial charge is 0.334 e. The molecule has 0 aromatic heterocycles. The van der Waals surface area contributed by atoms with Crippen LogP contribution in [-0.4, -0.2) is 67.8 Å². The molecule has 0 saturated carbocycles. The summed E-state index contributed by atoms with van der Waals surface area (Å²) in [5.41, 5.74) is 1.92. The first-order chi connectivity index (χ1) is 14.4. The third kappa shape index (κ3) is 5.29. The van der Waals surface area contributed by atoms with Crippen molar-refractivity contribution in [3.63, 3.8) is 0 Å².